The van der Waals surface area contributed by atoms with E-state index in [0.29, 0.717) is 17.1 Å². The Morgan fingerprint density at radius 1 is 1.41 bits per heavy atom. The fourth-order valence-corrected chi connectivity index (χ4v) is 3.43. The lowest BCUT2D eigenvalue weighted by Gasteiger charge is -2.29. The fourth-order valence-electron chi connectivity index (χ4n) is 2.29. The van der Waals surface area contributed by atoms with Gasteiger partial charge >= 0.3 is 6.09 Å². The summed E-state index contributed by atoms with van der Waals surface area (Å²) in [5.74, 6) is 1.74. The average Bonchev–Trinajstić information content (AvgIpc) is 2.41. The van der Waals surface area contributed by atoms with Crippen molar-refractivity contribution >= 4 is 29.4 Å². The maximum atomic E-state index is 11.7. The Hall–Kier alpha value is -1.43. The van der Waals surface area contributed by atoms with Crippen molar-refractivity contribution in [3.63, 3.8) is 0 Å². The fraction of sp³-hybridized carbons (Fsp3) is 0.625. The topological polar surface area (TPSA) is 63.2 Å². The third-order valence-electron chi connectivity index (χ3n) is 3.35. The van der Waals surface area contributed by atoms with E-state index in [4.69, 9.17) is 4.74 Å². The molecular weight excluding hydrogens is 298 g/mol. The van der Waals surface area contributed by atoms with Gasteiger partial charge in [-0.25, -0.2) is 9.78 Å². The van der Waals surface area contributed by atoms with Gasteiger partial charge in [0.15, 0.2) is 0 Å². The number of hydrogen-bond donors (Lipinski definition) is 2. The third kappa shape index (κ3) is 5.40. The molecule has 1 fully saturated rings. The molecule has 0 saturated carbocycles. The molecule has 0 bridgehead atoms. The molecule has 1 aromatic rings. The molecule has 6 heteroatoms. The summed E-state index contributed by atoms with van der Waals surface area (Å²) in [7, 11) is 0. The minimum atomic E-state index is -0.514. The van der Waals surface area contributed by atoms with Crippen LogP contribution in [-0.2, 0) is 4.74 Å². The van der Waals surface area contributed by atoms with Gasteiger partial charge in [0, 0.05) is 11.3 Å². The summed E-state index contributed by atoms with van der Waals surface area (Å²) in [6.07, 6.45) is 3.70. The zero-order valence-electron chi connectivity index (χ0n) is 13.7. The number of amides is 1. The highest BCUT2D eigenvalue weighted by Crippen LogP contribution is 2.27. The van der Waals surface area contributed by atoms with Crippen LogP contribution >= 0.6 is 11.8 Å². The summed E-state index contributed by atoms with van der Waals surface area (Å²) in [5.41, 5.74) is 0.467. The molecule has 1 aliphatic heterocycles. The second-order valence-electron chi connectivity index (χ2n) is 6.53. The van der Waals surface area contributed by atoms with Crippen LogP contribution in [0.3, 0.4) is 0 Å². The number of nitrogens with one attached hydrogen (secondary N) is 2. The lowest BCUT2D eigenvalue weighted by atomic mass is 10.1. The van der Waals surface area contributed by atoms with Crippen molar-refractivity contribution in [2.24, 2.45) is 0 Å². The molecule has 5 nitrogen and oxygen atoms in total. The summed E-state index contributed by atoms with van der Waals surface area (Å²) >= 11 is 2.01. The van der Waals surface area contributed by atoms with Crippen molar-refractivity contribution < 1.29 is 9.53 Å². The molecule has 2 atom stereocenters. The molecule has 1 aromatic heterocycles. The predicted molar refractivity (Wildman–Crippen MR) is 92.7 cm³/mol. The smallest absolute Gasteiger partial charge is 0.413 e. The Balaban J connectivity index is 1.88. The molecule has 1 saturated heterocycles. The molecule has 122 valence electrons. The van der Waals surface area contributed by atoms with Gasteiger partial charge in [-0.2, -0.15) is 11.8 Å². The largest absolute Gasteiger partial charge is 0.444 e. The number of thioether (sulfide) groups is 1. The van der Waals surface area contributed by atoms with Gasteiger partial charge in [0.25, 0.3) is 0 Å². The molecule has 0 aromatic carbocycles. The number of hydrogen-bond acceptors (Lipinski definition) is 5. The molecule has 2 unspecified atom stereocenters. The lowest BCUT2D eigenvalue weighted by Crippen LogP contribution is -2.32. The molecule has 0 spiro atoms. The van der Waals surface area contributed by atoms with Crippen molar-refractivity contribution in [1.82, 2.24) is 4.98 Å². The van der Waals surface area contributed by atoms with E-state index in [1.165, 1.54) is 18.6 Å². The summed E-state index contributed by atoms with van der Waals surface area (Å²) in [5, 5.41) is 6.76. The van der Waals surface area contributed by atoms with Gasteiger partial charge < -0.3 is 10.1 Å². The normalized spacial score (nSPS) is 22.0. The Labute approximate surface area is 136 Å². The molecule has 1 aliphatic rings. The molecule has 2 N–H and O–H groups in total. The summed E-state index contributed by atoms with van der Waals surface area (Å²) in [6.45, 7) is 7.75. The Kier molecular flexibility index (Phi) is 5.56. The van der Waals surface area contributed by atoms with Gasteiger partial charge in [-0.05, 0) is 51.5 Å². The van der Waals surface area contributed by atoms with Crippen LogP contribution in [0.5, 0.6) is 0 Å². The van der Waals surface area contributed by atoms with E-state index in [1.54, 1.807) is 12.3 Å². The van der Waals surface area contributed by atoms with E-state index < -0.39 is 11.7 Å². The van der Waals surface area contributed by atoms with Gasteiger partial charge in [-0.1, -0.05) is 6.92 Å². The zero-order valence-corrected chi connectivity index (χ0v) is 14.5. The second-order valence-corrected chi connectivity index (χ2v) is 8.01. The van der Waals surface area contributed by atoms with Crippen LogP contribution in [0.25, 0.3) is 0 Å². The van der Waals surface area contributed by atoms with Crippen molar-refractivity contribution in [2.75, 3.05) is 16.4 Å². The van der Waals surface area contributed by atoms with E-state index in [0.717, 1.165) is 5.69 Å². The van der Waals surface area contributed by atoms with Crippen LogP contribution in [0, 0.1) is 0 Å². The molecule has 0 aliphatic carbocycles. The lowest BCUT2D eigenvalue weighted by molar-refractivity contribution is 0.0635. The highest BCUT2D eigenvalue weighted by molar-refractivity contribution is 8.00. The van der Waals surface area contributed by atoms with Crippen LogP contribution in [0.2, 0.25) is 0 Å². The minimum Gasteiger partial charge on any atom is -0.444 e. The van der Waals surface area contributed by atoms with Crippen LogP contribution in [0.4, 0.5) is 16.3 Å². The number of pyridine rings is 1. The first-order chi connectivity index (χ1) is 10.3. The number of aromatic nitrogens is 1. The number of ether oxygens (including phenoxy) is 1. The average molecular weight is 323 g/mol. The third-order valence-corrected chi connectivity index (χ3v) is 4.73. The first-order valence-corrected chi connectivity index (χ1v) is 8.72. The number of anilines is 2. The van der Waals surface area contributed by atoms with Crippen LogP contribution in [0.15, 0.2) is 18.3 Å². The van der Waals surface area contributed by atoms with Gasteiger partial charge in [0.2, 0.25) is 0 Å². The maximum Gasteiger partial charge on any atom is 0.413 e. The van der Waals surface area contributed by atoms with E-state index in [1.807, 2.05) is 38.6 Å². The Morgan fingerprint density at radius 3 is 2.77 bits per heavy atom. The molecule has 2 rings (SSSR count). The summed E-state index contributed by atoms with van der Waals surface area (Å²) < 4.78 is 5.20. The van der Waals surface area contributed by atoms with Gasteiger partial charge in [0.1, 0.15) is 11.4 Å². The Morgan fingerprint density at radius 2 is 2.18 bits per heavy atom. The number of rotatable bonds is 3. The number of nitrogens with zero attached hydrogens (tertiary/aromatic N) is 1. The summed E-state index contributed by atoms with van der Waals surface area (Å²) in [4.78, 5) is 15.9. The second kappa shape index (κ2) is 7.22. The number of carbonyl (C=O) groups is 1. The van der Waals surface area contributed by atoms with Crippen molar-refractivity contribution in [2.45, 2.75) is 57.4 Å². The highest BCUT2D eigenvalue weighted by atomic mass is 32.2. The maximum absolute atomic E-state index is 11.7. The summed E-state index contributed by atoms with van der Waals surface area (Å²) in [6, 6.07) is 4.20. The van der Waals surface area contributed by atoms with Crippen molar-refractivity contribution in [3.05, 3.63) is 18.3 Å². The minimum absolute atomic E-state index is 0.477. The zero-order chi connectivity index (χ0) is 16.2. The van der Waals surface area contributed by atoms with Crippen LogP contribution < -0.4 is 10.6 Å². The van der Waals surface area contributed by atoms with Crippen molar-refractivity contribution in [3.8, 4) is 0 Å². The molecule has 22 heavy (non-hydrogen) atoms. The van der Waals surface area contributed by atoms with Gasteiger partial charge in [-0.15, -0.1) is 0 Å². The quantitative estimate of drug-likeness (QED) is 0.876. The standard InChI is InChI=1S/C16H25N3O2S/c1-11-13(6-5-9-22-11)18-12-7-8-14(17-10-12)19-15(20)21-16(2,3)4/h7-8,10-11,13,18H,5-6,9H2,1-4H3,(H,17,19,20). The first kappa shape index (κ1) is 16.9. The molecule has 1 amide bonds. The van der Waals surface area contributed by atoms with Crippen molar-refractivity contribution in [1.29, 1.82) is 0 Å². The first-order valence-electron chi connectivity index (χ1n) is 7.68. The van der Waals surface area contributed by atoms with Crippen LogP contribution in [-0.4, -0.2) is 33.7 Å². The van der Waals surface area contributed by atoms with Crippen LogP contribution in [0.1, 0.15) is 40.5 Å². The van der Waals surface area contributed by atoms with Gasteiger partial charge in [0.05, 0.1) is 11.9 Å². The van der Waals surface area contributed by atoms with E-state index >= 15 is 0 Å². The highest BCUT2D eigenvalue weighted by Gasteiger charge is 2.21. The van der Waals surface area contributed by atoms with E-state index in [2.05, 4.69) is 22.5 Å². The molecular formula is C16H25N3O2S. The Bertz CT molecular complexity index is 499. The molecule has 2 heterocycles. The monoisotopic (exact) mass is 323 g/mol. The number of carbonyl (C=O) groups excluding carboxylic acids is 1. The van der Waals surface area contributed by atoms with E-state index in [-0.39, 0.29) is 0 Å². The molecule has 0 radical (unpaired) electrons. The SMILES string of the molecule is CC1SCCCC1Nc1ccc(NC(=O)OC(C)(C)C)nc1. The van der Waals surface area contributed by atoms with Gasteiger partial charge in [-0.3, -0.25) is 5.32 Å². The predicted octanol–water partition coefficient (Wildman–Crippen LogP) is 4.12. The van der Waals surface area contributed by atoms with E-state index in [9.17, 15) is 4.79 Å².